The summed E-state index contributed by atoms with van der Waals surface area (Å²) in [5.41, 5.74) is 1.40. The number of H-pyrrole nitrogens is 1. The summed E-state index contributed by atoms with van der Waals surface area (Å²) in [6, 6.07) is 8.17. The lowest BCUT2D eigenvalue weighted by atomic mass is 10.1. The molecular formula is C17H19N5O3. The molecule has 3 rings (SSSR count). The van der Waals surface area contributed by atoms with Gasteiger partial charge < -0.3 is 10.2 Å². The topological polar surface area (TPSA) is 108 Å². The van der Waals surface area contributed by atoms with Crippen LogP contribution >= 0.6 is 0 Å². The Morgan fingerprint density at radius 2 is 2.16 bits per heavy atom. The van der Waals surface area contributed by atoms with Crippen LogP contribution in [0.1, 0.15) is 47.7 Å². The molecule has 0 bridgehead atoms. The molecule has 1 atom stereocenters. The average molecular weight is 341 g/mol. The lowest BCUT2D eigenvalue weighted by Gasteiger charge is -2.24. The molecule has 1 fully saturated rings. The number of amides is 2. The Kier molecular flexibility index (Phi) is 4.87. The van der Waals surface area contributed by atoms with Crippen LogP contribution in [0, 0.1) is 0 Å². The van der Waals surface area contributed by atoms with Crippen molar-refractivity contribution in [3.05, 3.63) is 57.8 Å². The monoisotopic (exact) mass is 341 g/mol. The predicted octanol–water partition coefficient (Wildman–Crippen LogP) is 0.778. The molecule has 0 aliphatic carbocycles. The number of nitrogens with zero attached hydrogens (tertiary/aromatic N) is 3. The van der Waals surface area contributed by atoms with Gasteiger partial charge in [0, 0.05) is 19.5 Å². The first kappa shape index (κ1) is 16.8. The Morgan fingerprint density at radius 1 is 1.32 bits per heavy atom. The summed E-state index contributed by atoms with van der Waals surface area (Å²) in [6.07, 6.45) is 1.68. The second kappa shape index (κ2) is 7.25. The summed E-state index contributed by atoms with van der Waals surface area (Å²) >= 11 is 0. The Bertz CT molecular complexity index is 828. The third kappa shape index (κ3) is 3.90. The molecule has 0 radical (unpaired) electrons. The van der Waals surface area contributed by atoms with Gasteiger partial charge in [0.25, 0.3) is 11.5 Å². The summed E-state index contributed by atoms with van der Waals surface area (Å²) in [5, 5.41) is 8.83. The summed E-state index contributed by atoms with van der Waals surface area (Å²) in [5.74, 6) is -0.346. The fourth-order valence-corrected chi connectivity index (χ4v) is 2.93. The summed E-state index contributed by atoms with van der Waals surface area (Å²) in [4.78, 5) is 41.2. The quantitative estimate of drug-likeness (QED) is 0.854. The Balaban J connectivity index is 1.80. The first-order valence-electron chi connectivity index (χ1n) is 8.11. The minimum atomic E-state index is -0.345. The molecule has 3 heterocycles. The van der Waals surface area contributed by atoms with Crippen LogP contribution in [0.2, 0.25) is 0 Å². The van der Waals surface area contributed by atoms with Crippen molar-refractivity contribution >= 4 is 11.8 Å². The van der Waals surface area contributed by atoms with Gasteiger partial charge in [-0.05, 0) is 31.0 Å². The van der Waals surface area contributed by atoms with E-state index >= 15 is 0 Å². The molecule has 8 nitrogen and oxygen atoms in total. The van der Waals surface area contributed by atoms with Crippen LogP contribution in [0.5, 0.6) is 0 Å². The van der Waals surface area contributed by atoms with Crippen molar-refractivity contribution in [2.24, 2.45) is 0 Å². The van der Waals surface area contributed by atoms with Crippen LogP contribution in [0.25, 0.3) is 0 Å². The van der Waals surface area contributed by atoms with Crippen LogP contribution in [0.15, 0.2) is 35.1 Å². The average Bonchev–Trinajstić information content (AvgIpc) is 3.10. The van der Waals surface area contributed by atoms with E-state index < -0.39 is 0 Å². The molecule has 0 saturated carbocycles. The molecule has 0 spiro atoms. The fraction of sp³-hybridized carbons (Fsp3) is 0.353. The molecule has 8 heteroatoms. The van der Waals surface area contributed by atoms with Crippen molar-refractivity contribution in [2.75, 3.05) is 6.54 Å². The van der Waals surface area contributed by atoms with Crippen LogP contribution < -0.4 is 10.9 Å². The van der Waals surface area contributed by atoms with Gasteiger partial charge in [-0.3, -0.25) is 19.4 Å². The van der Waals surface area contributed by atoms with E-state index in [9.17, 15) is 14.4 Å². The van der Waals surface area contributed by atoms with E-state index in [1.807, 2.05) is 18.2 Å². The second-order valence-electron chi connectivity index (χ2n) is 5.93. The predicted molar refractivity (Wildman–Crippen MR) is 89.6 cm³/mol. The molecule has 130 valence electrons. The van der Waals surface area contributed by atoms with E-state index in [1.165, 1.54) is 19.1 Å². The summed E-state index contributed by atoms with van der Waals surface area (Å²) in [7, 11) is 0. The minimum Gasteiger partial charge on any atom is -0.351 e. The minimum absolute atomic E-state index is 0.117. The number of pyridine rings is 1. The number of nitrogens with one attached hydrogen (secondary N) is 2. The van der Waals surface area contributed by atoms with E-state index in [2.05, 4.69) is 20.5 Å². The van der Waals surface area contributed by atoms with Gasteiger partial charge in [-0.15, -0.1) is 0 Å². The Hall–Kier alpha value is -3.03. The van der Waals surface area contributed by atoms with Crippen LogP contribution in [-0.4, -0.2) is 38.4 Å². The molecule has 1 saturated heterocycles. The summed E-state index contributed by atoms with van der Waals surface area (Å²) in [6.45, 7) is 2.42. The van der Waals surface area contributed by atoms with Crippen molar-refractivity contribution < 1.29 is 9.59 Å². The van der Waals surface area contributed by atoms with Gasteiger partial charge in [0.05, 0.1) is 24.0 Å². The molecule has 2 aromatic heterocycles. The molecule has 25 heavy (non-hydrogen) atoms. The second-order valence-corrected chi connectivity index (χ2v) is 5.93. The van der Waals surface area contributed by atoms with Crippen molar-refractivity contribution in [1.29, 1.82) is 0 Å². The molecule has 0 unspecified atom stereocenters. The standard InChI is InChI=1S/C17H19N5O3/c1-11(23)18-10-12-4-2-5-13(19-12)15-6-3-9-22(15)17(25)14-7-8-16(24)21-20-14/h2,4-5,7-8,15H,3,6,9-10H2,1H3,(H,18,23)(H,21,24)/t15-/m1/s1. The third-order valence-corrected chi connectivity index (χ3v) is 4.10. The van der Waals surface area contributed by atoms with Gasteiger partial charge in [-0.2, -0.15) is 5.10 Å². The highest BCUT2D eigenvalue weighted by atomic mass is 16.2. The molecule has 0 aromatic carbocycles. The SMILES string of the molecule is CC(=O)NCc1cccc([C@H]2CCCN2C(=O)c2ccc(=O)[nH]n2)n1. The number of aromatic nitrogens is 3. The number of carbonyl (C=O) groups is 2. The van der Waals surface area contributed by atoms with Crippen LogP contribution in [0.4, 0.5) is 0 Å². The number of rotatable bonds is 4. The van der Waals surface area contributed by atoms with Crippen molar-refractivity contribution in [2.45, 2.75) is 32.4 Å². The largest absolute Gasteiger partial charge is 0.351 e. The lowest BCUT2D eigenvalue weighted by molar-refractivity contribution is -0.119. The van der Waals surface area contributed by atoms with E-state index in [1.54, 1.807) is 4.90 Å². The molecular weight excluding hydrogens is 322 g/mol. The maximum atomic E-state index is 12.7. The van der Waals surface area contributed by atoms with Gasteiger partial charge in [-0.25, -0.2) is 5.10 Å². The highest BCUT2D eigenvalue weighted by Gasteiger charge is 2.32. The highest BCUT2D eigenvalue weighted by Crippen LogP contribution is 2.31. The van der Waals surface area contributed by atoms with Gasteiger partial charge in [0.1, 0.15) is 5.69 Å². The van der Waals surface area contributed by atoms with Gasteiger partial charge in [-0.1, -0.05) is 6.07 Å². The molecule has 1 aliphatic heterocycles. The lowest BCUT2D eigenvalue weighted by Crippen LogP contribution is -2.32. The zero-order valence-corrected chi connectivity index (χ0v) is 13.9. The Morgan fingerprint density at radius 3 is 2.88 bits per heavy atom. The maximum absolute atomic E-state index is 12.7. The zero-order chi connectivity index (χ0) is 17.8. The fourth-order valence-electron chi connectivity index (χ4n) is 2.93. The number of likely N-dealkylation sites (tertiary alicyclic amines) is 1. The third-order valence-electron chi connectivity index (χ3n) is 4.10. The molecule has 2 N–H and O–H groups in total. The van der Waals surface area contributed by atoms with Crippen LogP contribution in [0.3, 0.4) is 0 Å². The van der Waals surface area contributed by atoms with E-state index in [4.69, 9.17) is 0 Å². The first-order chi connectivity index (χ1) is 12.0. The molecule has 2 amide bonds. The smallest absolute Gasteiger partial charge is 0.274 e. The highest BCUT2D eigenvalue weighted by molar-refractivity contribution is 5.92. The van der Waals surface area contributed by atoms with Crippen molar-refractivity contribution in [3.63, 3.8) is 0 Å². The van der Waals surface area contributed by atoms with Gasteiger partial charge in [0.15, 0.2) is 0 Å². The molecule has 1 aliphatic rings. The number of aromatic amines is 1. The van der Waals surface area contributed by atoms with E-state index in [0.717, 1.165) is 24.2 Å². The number of carbonyl (C=O) groups excluding carboxylic acids is 2. The zero-order valence-electron chi connectivity index (χ0n) is 13.9. The molecule has 2 aromatic rings. The Labute approximate surface area is 144 Å². The van der Waals surface area contributed by atoms with E-state index in [0.29, 0.717) is 13.1 Å². The van der Waals surface area contributed by atoms with E-state index in [-0.39, 0.29) is 29.1 Å². The normalized spacial score (nSPS) is 16.7. The van der Waals surface area contributed by atoms with Gasteiger partial charge >= 0.3 is 0 Å². The van der Waals surface area contributed by atoms with Crippen molar-refractivity contribution in [3.8, 4) is 0 Å². The maximum Gasteiger partial charge on any atom is 0.274 e. The summed E-state index contributed by atoms with van der Waals surface area (Å²) < 4.78 is 0. The van der Waals surface area contributed by atoms with Crippen LogP contribution in [-0.2, 0) is 11.3 Å². The number of hydrogen-bond acceptors (Lipinski definition) is 5. The van der Waals surface area contributed by atoms with Gasteiger partial charge in [0.2, 0.25) is 5.91 Å². The first-order valence-corrected chi connectivity index (χ1v) is 8.11. The number of hydrogen-bond donors (Lipinski definition) is 2. The van der Waals surface area contributed by atoms with Crippen molar-refractivity contribution in [1.82, 2.24) is 25.4 Å².